The van der Waals surface area contributed by atoms with E-state index in [1.54, 1.807) is 24.5 Å². The number of ether oxygens (including phenoxy) is 1. The molecule has 1 saturated carbocycles. The number of rotatable bonds is 4. The van der Waals surface area contributed by atoms with Crippen molar-refractivity contribution in [2.75, 3.05) is 6.54 Å². The number of benzene rings is 1. The van der Waals surface area contributed by atoms with Crippen molar-refractivity contribution in [3.05, 3.63) is 66.0 Å². The van der Waals surface area contributed by atoms with Gasteiger partial charge in [0.1, 0.15) is 0 Å². The summed E-state index contributed by atoms with van der Waals surface area (Å²) < 4.78 is 6.04. The van der Waals surface area contributed by atoms with E-state index < -0.39 is 0 Å². The zero-order valence-electron chi connectivity index (χ0n) is 15.8. The Bertz CT molecular complexity index is 741. The number of nitrogens with zero attached hydrogens (tertiary/aromatic N) is 2. The molecule has 4 rings (SSSR count). The van der Waals surface area contributed by atoms with Crippen LogP contribution in [0.25, 0.3) is 0 Å². The third-order valence-corrected chi connectivity index (χ3v) is 6.13. The van der Waals surface area contributed by atoms with Crippen molar-refractivity contribution in [2.45, 2.75) is 63.1 Å². The summed E-state index contributed by atoms with van der Waals surface area (Å²) in [5.74, 6) is -0.265. The third kappa shape index (κ3) is 3.77. The molecule has 0 bridgehead atoms. The highest BCUT2D eigenvalue weighted by molar-refractivity contribution is 5.89. The van der Waals surface area contributed by atoms with Gasteiger partial charge in [-0.1, -0.05) is 49.6 Å². The summed E-state index contributed by atoms with van der Waals surface area (Å²) in [6, 6.07) is 14.4. The van der Waals surface area contributed by atoms with Crippen LogP contribution in [0.4, 0.5) is 0 Å². The number of carbonyl (C=O) groups excluding carboxylic acids is 1. The van der Waals surface area contributed by atoms with Gasteiger partial charge in [-0.15, -0.1) is 0 Å². The normalized spacial score (nSPS) is 22.9. The predicted octanol–water partition coefficient (Wildman–Crippen LogP) is 4.91. The van der Waals surface area contributed by atoms with Crippen LogP contribution in [0.1, 0.15) is 67.3 Å². The minimum atomic E-state index is -0.265. The second-order valence-electron chi connectivity index (χ2n) is 7.75. The van der Waals surface area contributed by atoms with Crippen molar-refractivity contribution in [1.82, 2.24) is 9.88 Å². The fraction of sp³-hybridized carbons (Fsp3) is 0.478. The maximum absolute atomic E-state index is 12.7. The lowest BCUT2D eigenvalue weighted by atomic mass is 9.74. The Balaban J connectivity index is 1.62. The molecule has 1 aromatic carbocycles. The van der Waals surface area contributed by atoms with Crippen LogP contribution in [-0.2, 0) is 10.3 Å². The van der Waals surface area contributed by atoms with E-state index in [9.17, 15) is 4.79 Å². The predicted molar refractivity (Wildman–Crippen MR) is 105 cm³/mol. The number of likely N-dealkylation sites (tertiary alicyclic amines) is 1. The van der Waals surface area contributed by atoms with Gasteiger partial charge < -0.3 is 4.74 Å². The maximum Gasteiger partial charge on any atom is 0.341 e. The van der Waals surface area contributed by atoms with E-state index in [-0.39, 0.29) is 17.7 Å². The monoisotopic (exact) mass is 364 g/mol. The molecule has 27 heavy (non-hydrogen) atoms. The van der Waals surface area contributed by atoms with E-state index in [0.717, 1.165) is 38.6 Å². The Hall–Kier alpha value is -2.20. The van der Waals surface area contributed by atoms with Gasteiger partial charge in [0.05, 0.1) is 5.56 Å². The van der Waals surface area contributed by atoms with Crippen LogP contribution in [0.15, 0.2) is 54.9 Å². The largest absolute Gasteiger partial charge is 0.443 e. The maximum atomic E-state index is 12.7. The van der Waals surface area contributed by atoms with E-state index in [2.05, 4.69) is 40.2 Å². The Morgan fingerprint density at radius 2 is 1.81 bits per heavy atom. The molecular formula is C23H28N2O2. The molecule has 1 aliphatic carbocycles. The van der Waals surface area contributed by atoms with Crippen molar-refractivity contribution in [1.29, 1.82) is 0 Å². The first-order valence-electron chi connectivity index (χ1n) is 10.2. The van der Waals surface area contributed by atoms with Gasteiger partial charge in [0.25, 0.3) is 0 Å². The minimum absolute atomic E-state index is 0.0141. The molecular weight excluding hydrogens is 336 g/mol. The SMILES string of the molecule is O=C(OC1CCCCN1C1(c2ccccc2)CCCCC1)c1cccnc1. The molecule has 0 amide bonds. The molecule has 0 N–H and O–H groups in total. The summed E-state index contributed by atoms with van der Waals surface area (Å²) in [6.07, 6.45) is 12.3. The number of esters is 1. The summed E-state index contributed by atoms with van der Waals surface area (Å²) in [7, 11) is 0. The minimum Gasteiger partial charge on any atom is -0.443 e. The molecule has 4 heteroatoms. The first kappa shape index (κ1) is 18.2. The molecule has 1 unspecified atom stereocenters. The quantitative estimate of drug-likeness (QED) is 0.723. The molecule has 1 aliphatic heterocycles. The highest BCUT2D eigenvalue weighted by Crippen LogP contribution is 2.45. The summed E-state index contributed by atoms with van der Waals surface area (Å²) in [5.41, 5.74) is 1.88. The number of hydrogen-bond donors (Lipinski definition) is 0. The van der Waals surface area contributed by atoms with Crippen LogP contribution in [0, 0.1) is 0 Å². The molecule has 2 aliphatic rings. The number of hydrogen-bond acceptors (Lipinski definition) is 4. The topological polar surface area (TPSA) is 42.4 Å². The van der Waals surface area contributed by atoms with Gasteiger partial charge in [-0.25, -0.2) is 4.79 Å². The van der Waals surface area contributed by atoms with E-state index >= 15 is 0 Å². The van der Waals surface area contributed by atoms with Crippen LogP contribution in [-0.4, -0.2) is 28.6 Å². The van der Waals surface area contributed by atoms with Crippen molar-refractivity contribution < 1.29 is 9.53 Å². The zero-order chi connectivity index (χ0) is 18.5. The van der Waals surface area contributed by atoms with Crippen LogP contribution < -0.4 is 0 Å². The van der Waals surface area contributed by atoms with Crippen molar-refractivity contribution in [3.63, 3.8) is 0 Å². The van der Waals surface area contributed by atoms with Crippen LogP contribution in [0.2, 0.25) is 0 Å². The molecule has 1 aromatic heterocycles. The summed E-state index contributed by atoms with van der Waals surface area (Å²) >= 11 is 0. The van der Waals surface area contributed by atoms with Crippen LogP contribution >= 0.6 is 0 Å². The average molecular weight is 364 g/mol. The lowest BCUT2D eigenvalue weighted by Crippen LogP contribution is -2.55. The standard InChI is InChI=1S/C23H28N2O2/c26-22(19-10-9-16-24-18-19)27-21-13-5-8-17-25(21)23(14-6-2-7-15-23)20-11-3-1-4-12-20/h1,3-4,9-12,16,18,21H,2,5-8,13-15,17H2. The molecule has 0 radical (unpaired) electrons. The number of carbonyl (C=O) groups is 1. The Morgan fingerprint density at radius 1 is 1.00 bits per heavy atom. The molecule has 2 fully saturated rings. The number of pyridine rings is 1. The second kappa shape index (κ2) is 8.22. The van der Waals surface area contributed by atoms with Crippen molar-refractivity contribution in [2.24, 2.45) is 0 Å². The lowest BCUT2D eigenvalue weighted by Gasteiger charge is -2.51. The highest BCUT2D eigenvalue weighted by atomic mass is 16.6. The van der Waals surface area contributed by atoms with E-state index in [4.69, 9.17) is 4.74 Å². The van der Waals surface area contributed by atoms with Gasteiger partial charge in [-0.3, -0.25) is 9.88 Å². The lowest BCUT2D eigenvalue weighted by molar-refractivity contribution is -0.115. The highest BCUT2D eigenvalue weighted by Gasteiger charge is 2.44. The molecule has 4 nitrogen and oxygen atoms in total. The van der Waals surface area contributed by atoms with Crippen molar-refractivity contribution in [3.8, 4) is 0 Å². The van der Waals surface area contributed by atoms with Gasteiger partial charge >= 0.3 is 5.97 Å². The molecule has 0 spiro atoms. The summed E-state index contributed by atoms with van der Waals surface area (Å²) in [4.78, 5) is 19.2. The molecule has 1 atom stereocenters. The average Bonchev–Trinajstić information content (AvgIpc) is 2.76. The summed E-state index contributed by atoms with van der Waals surface area (Å²) in [5, 5.41) is 0. The fourth-order valence-electron chi connectivity index (χ4n) is 4.81. The second-order valence-corrected chi connectivity index (χ2v) is 7.75. The Labute approximate surface area is 161 Å². The smallest absolute Gasteiger partial charge is 0.341 e. The fourth-order valence-corrected chi connectivity index (χ4v) is 4.81. The molecule has 2 heterocycles. The third-order valence-electron chi connectivity index (χ3n) is 6.13. The molecule has 2 aromatic rings. The number of piperidine rings is 1. The van der Waals surface area contributed by atoms with Gasteiger partial charge in [0.2, 0.25) is 0 Å². The van der Waals surface area contributed by atoms with E-state index in [1.165, 1.54) is 24.8 Å². The zero-order valence-corrected chi connectivity index (χ0v) is 15.8. The van der Waals surface area contributed by atoms with Gasteiger partial charge in [0, 0.05) is 24.5 Å². The van der Waals surface area contributed by atoms with Crippen LogP contribution in [0.5, 0.6) is 0 Å². The Morgan fingerprint density at radius 3 is 2.56 bits per heavy atom. The first-order chi connectivity index (χ1) is 13.3. The van der Waals surface area contributed by atoms with Crippen molar-refractivity contribution >= 4 is 5.97 Å². The number of aromatic nitrogens is 1. The summed E-state index contributed by atoms with van der Waals surface area (Å²) in [6.45, 7) is 0.986. The van der Waals surface area contributed by atoms with E-state index in [1.807, 2.05) is 0 Å². The first-order valence-corrected chi connectivity index (χ1v) is 10.2. The van der Waals surface area contributed by atoms with Gasteiger partial charge in [-0.05, 0) is 49.8 Å². The molecule has 142 valence electrons. The van der Waals surface area contributed by atoms with E-state index in [0.29, 0.717) is 5.56 Å². The Kier molecular flexibility index (Phi) is 5.53. The van der Waals surface area contributed by atoms with Crippen LogP contribution in [0.3, 0.4) is 0 Å². The van der Waals surface area contributed by atoms with Gasteiger partial charge in [0.15, 0.2) is 6.23 Å². The molecule has 1 saturated heterocycles. The van der Waals surface area contributed by atoms with Gasteiger partial charge in [-0.2, -0.15) is 0 Å².